The third-order valence-electron chi connectivity index (χ3n) is 3.54. The average Bonchev–Trinajstić information content (AvgIpc) is 3.01. The van der Waals surface area contributed by atoms with Crippen molar-refractivity contribution in [2.45, 2.75) is 25.7 Å². The number of aliphatic carboxylic acids is 1. The van der Waals surface area contributed by atoms with Gasteiger partial charge in [-0.1, -0.05) is 11.6 Å². The Morgan fingerprint density at radius 1 is 1.25 bits per heavy atom. The van der Waals surface area contributed by atoms with Gasteiger partial charge in [-0.3, -0.25) is 9.59 Å². The molecule has 0 aliphatic heterocycles. The second kappa shape index (κ2) is 8.49. The molecule has 1 amide bonds. The Balaban J connectivity index is 1.83. The monoisotopic (exact) mass is 350 g/mol. The van der Waals surface area contributed by atoms with Crippen molar-refractivity contribution in [2.75, 3.05) is 13.6 Å². The second-order valence-electron chi connectivity index (χ2n) is 5.44. The van der Waals surface area contributed by atoms with E-state index in [2.05, 4.69) is 4.98 Å². The van der Waals surface area contributed by atoms with E-state index in [1.165, 1.54) is 4.90 Å². The number of nitrogens with zero attached hydrogens (tertiary/aromatic N) is 2. The van der Waals surface area contributed by atoms with Crippen LogP contribution in [0.3, 0.4) is 0 Å². The maximum atomic E-state index is 12.0. The van der Waals surface area contributed by atoms with Crippen LogP contribution in [0, 0.1) is 0 Å². The molecule has 24 heavy (non-hydrogen) atoms. The SMILES string of the molecule is CN(CCCC(=O)O)C(=O)CCc1ncc(-c2ccc(Cl)cc2)o1. The van der Waals surface area contributed by atoms with Gasteiger partial charge < -0.3 is 14.4 Å². The summed E-state index contributed by atoms with van der Waals surface area (Å²) in [6.45, 7) is 0.423. The fourth-order valence-corrected chi connectivity index (χ4v) is 2.30. The Hall–Kier alpha value is -2.34. The molecule has 6 nitrogen and oxygen atoms in total. The number of halogens is 1. The van der Waals surface area contributed by atoms with E-state index in [1.807, 2.05) is 12.1 Å². The van der Waals surface area contributed by atoms with Crippen LogP contribution in [0.1, 0.15) is 25.2 Å². The topological polar surface area (TPSA) is 83.6 Å². The summed E-state index contributed by atoms with van der Waals surface area (Å²) in [5.74, 6) is 0.202. The number of carbonyl (C=O) groups is 2. The molecule has 0 unspecified atom stereocenters. The number of benzene rings is 1. The van der Waals surface area contributed by atoms with Gasteiger partial charge in [-0.2, -0.15) is 0 Å². The van der Waals surface area contributed by atoms with Gasteiger partial charge in [0, 0.05) is 43.4 Å². The minimum Gasteiger partial charge on any atom is -0.481 e. The van der Waals surface area contributed by atoms with Gasteiger partial charge in [0.15, 0.2) is 11.7 Å². The fraction of sp³-hybridized carbons (Fsp3) is 0.353. The predicted octanol–water partition coefficient (Wildman–Crippen LogP) is 3.25. The van der Waals surface area contributed by atoms with Gasteiger partial charge in [-0.05, 0) is 30.7 Å². The van der Waals surface area contributed by atoms with Crippen LogP contribution in [-0.2, 0) is 16.0 Å². The lowest BCUT2D eigenvalue weighted by Gasteiger charge is -2.15. The third kappa shape index (κ3) is 5.38. The van der Waals surface area contributed by atoms with E-state index in [0.29, 0.717) is 36.1 Å². The number of aromatic nitrogens is 1. The van der Waals surface area contributed by atoms with Crippen molar-refractivity contribution in [2.24, 2.45) is 0 Å². The first-order valence-corrected chi connectivity index (χ1v) is 8.00. The summed E-state index contributed by atoms with van der Waals surface area (Å²) in [6, 6.07) is 7.23. The summed E-state index contributed by atoms with van der Waals surface area (Å²) in [5, 5.41) is 9.25. The van der Waals surface area contributed by atoms with Gasteiger partial charge in [0.25, 0.3) is 0 Å². The molecular formula is C17H19ClN2O4. The van der Waals surface area contributed by atoms with E-state index in [-0.39, 0.29) is 18.7 Å². The second-order valence-corrected chi connectivity index (χ2v) is 5.87. The summed E-state index contributed by atoms with van der Waals surface area (Å²) < 4.78 is 5.65. The minimum absolute atomic E-state index is 0.0574. The Bertz CT molecular complexity index is 697. The molecule has 1 N–H and O–H groups in total. The Labute approximate surface area is 145 Å². The highest BCUT2D eigenvalue weighted by Crippen LogP contribution is 2.22. The number of amides is 1. The van der Waals surface area contributed by atoms with Crippen LogP contribution >= 0.6 is 11.6 Å². The largest absolute Gasteiger partial charge is 0.481 e. The number of carbonyl (C=O) groups excluding carboxylic acids is 1. The maximum Gasteiger partial charge on any atom is 0.303 e. The third-order valence-corrected chi connectivity index (χ3v) is 3.80. The molecule has 128 valence electrons. The van der Waals surface area contributed by atoms with E-state index in [9.17, 15) is 9.59 Å². The first-order chi connectivity index (χ1) is 11.5. The van der Waals surface area contributed by atoms with E-state index >= 15 is 0 Å². The quantitative estimate of drug-likeness (QED) is 0.790. The number of carboxylic acids is 1. The van der Waals surface area contributed by atoms with Gasteiger partial charge in [0.05, 0.1) is 6.20 Å². The first kappa shape index (κ1) is 18.0. The van der Waals surface area contributed by atoms with E-state index in [1.54, 1.807) is 25.4 Å². The average molecular weight is 351 g/mol. The highest BCUT2D eigenvalue weighted by Gasteiger charge is 2.12. The van der Waals surface area contributed by atoms with Gasteiger partial charge in [-0.25, -0.2) is 4.98 Å². The summed E-state index contributed by atoms with van der Waals surface area (Å²) >= 11 is 5.85. The smallest absolute Gasteiger partial charge is 0.303 e. The zero-order valence-electron chi connectivity index (χ0n) is 13.4. The lowest BCUT2D eigenvalue weighted by molar-refractivity contribution is -0.138. The van der Waals surface area contributed by atoms with Crippen LogP contribution in [-0.4, -0.2) is 40.5 Å². The van der Waals surface area contributed by atoms with Crippen LogP contribution in [0.15, 0.2) is 34.9 Å². The molecule has 0 atom stereocenters. The lowest BCUT2D eigenvalue weighted by atomic mass is 10.2. The molecule has 0 aliphatic rings. The molecule has 0 spiro atoms. The Morgan fingerprint density at radius 2 is 1.96 bits per heavy atom. The van der Waals surface area contributed by atoms with Gasteiger partial charge in [0.2, 0.25) is 5.91 Å². The molecule has 1 heterocycles. The van der Waals surface area contributed by atoms with Crippen molar-refractivity contribution in [1.29, 1.82) is 0 Å². The van der Waals surface area contributed by atoms with Crippen molar-refractivity contribution in [3.05, 3.63) is 41.4 Å². The predicted molar refractivity (Wildman–Crippen MR) is 89.8 cm³/mol. The molecule has 1 aromatic heterocycles. The minimum atomic E-state index is -0.856. The molecule has 0 saturated heterocycles. The van der Waals surface area contributed by atoms with Crippen molar-refractivity contribution < 1.29 is 19.1 Å². The number of carboxylic acid groups (broad SMARTS) is 1. The summed E-state index contributed by atoms with van der Waals surface area (Å²) in [5.41, 5.74) is 0.871. The Morgan fingerprint density at radius 3 is 2.62 bits per heavy atom. The molecule has 2 aromatic rings. The maximum absolute atomic E-state index is 12.0. The molecule has 0 saturated carbocycles. The van der Waals surface area contributed by atoms with Crippen LogP contribution in [0.25, 0.3) is 11.3 Å². The van der Waals surface area contributed by atoms with Crippen molar-refractivity contribution >= 4 is 23.5 Å². The molecule has 0 aliphatic carbocycles. The standard InChI is InChI=1S/C17H19ClN2O4/c1-20(10-2-3-17(22)23)16(21)9-8-15-19-11-14(24-15)12-4-6-13(18)7-5-12/h4-7,11H,2-3,8-10H2,1H3,(H,22,23). The summed E-state index contributed by atoms with van der Waals surface area (Å²) in [4.78, 5) is 28.2. The number of hydrogen-bond donors (Lipinski definition) is 1. The van der Waals surface area contributed by atoms with Crippen molar-refractivity contribution in [3.8, 4) is 11.3 Å². The lowest BCUT2D eigenvalue weighted by Crippen LogP contribution is -2.28. The van der Waals surface area contributed by atoms with Crippen molar-refractivity contribution in [1.82, 2.24) is 9.88 Å². The van der Waals surface area contributed by atoms with Crippen LogP contribution < -0.4 is 0 Å². The molecular weight excluding hydrogens is 332 g/mol. The van der Waals surface area contributed by atoms with Gasteiger partial charge >= 0.3 is 5.97 Å². The van der Waals surface area contributed by atoms with Crippen molar-refractivity contribution in [3.63, 3.8) is 0 Å². The molecule has 1 aromatic carbocycles. The van der Waals surface area contributed by atoms with Crippen LogP contribution in [0.2, 0.25) is 5.02 Å². The number of aryl methyl sites for hydroxylation is 1. The zero-order valence-corrected chi connectivity index (χ0v) is 14.1. The summed E-state index contributed by atoms with van der Waals surface area (Å²) in [7, 11) is 1.67. The normalized spacial score (nSPS) is 10.6. The fourth-order valence-electron chi connectivity index (χ4n) is 2.17. The molecule has 7 heteroatoms. The van der Waals surface area contributed by atoms with E-state index in [4.69, 9.17) is 21.1 Å². The van der Waals surface area contributed by atoms with Crippen LogP contribution in [0.4, 0.5) is 0 Å². The zero-order chi connectivity index (χ0) is 17.5. The summed E-state index contributed by atoms with van der Waals surface area (Å²) in [6.07, 6.45) is 2.79. The number of hydrogen-bond acceptors (Lipinski definition) is 4. The molecule has 2 rings (SSSR count). The van der Waals surface area contributed by atoms with Crippen LogP contribution in [0.5, 0.6) is 0 Å². The molecule has 0 bridgehead atoms. The van der Waals surface area contributed by atoms with E-state index < -0.39 is 5.97 Å². The van der Waals surface area contributed by atoms with E-state index in [0.717, 1.165) is 5.56 Å². The Kier molecular flexibility index (Phi) is 6.37. The van der Waals surface area contributed by atoms with Gasteiger partial charge in [0.1, 0.15) is 0 Å². The molecule has 0 radical (unpaired) electrons. The number of rotatable bonds is 8. The highest BCUT2D eigenvalue weighted by molar-refractivity contribution is 6.30. The molecule has 0 fully saturated rings. The highest BCUT2D eigenvalue weighted by atomic mass is 35.5. The van der Waals surface area contributed by atoms with Gasteiger partial charge in [-0.15, -0.1) is 0 Å². The number of oxazole rings is 1. The first-order valence-electron chi connectivity index (χ1n) is 7.62.